The van der Waals surface area contributed by atoms with Gasteiger partial charge in [-0.1, -0.05) is 13.0 Å². The zero-order valence-electron chi connectivity index (χ0n) is 11.3. The molecule has 100 valence electrons. The molecule has 1 amide bonds. The molecular formula is C13H17N5O. The first-order valence-electron chi connectivity index (χ1n) is 6.22. The molecule has 6 nitrogen and oxygen atoms in total. The van der Waals surface area contributed by atoms with Gasteiger partial charge in [-0.15, -0.1) is 0 Å². The summed E-state index contributed by atoms with van der Waals surface area (Å²) in [7, 11) is 0. The smallest absolute Gasteiger partial charge is 0.274 e. The Morgan fingerprint density at radius 1 is 1.37 bits per heavy atom. The minimum Gasteiger partial charge on any atom is -0.342 e. The highest BCUT2D eigenvalue weighted by atomic mass is 16.2. The van der Waals surface area contributed by atoms with Crippen LogP contribution in [-0.2, 0) is 0 Å². The summed E-state index contributed by atoms with van der Waals surface area (Å²) >= 11 is 0. The molecule has 0 aromatic carbocycles. The lowest BCUT2D eigenvalue weighted by molar-refractivity contribution is 0.0929. The molecule has 2 rings (SSSR count). The maximum absolute atomic E-state index is 12.1. The van der Waals surface area contributed by atoms with Crippen molar-refractivity contribution < 1.29 is 4.79 Å². The van der Waals surface area contributed by atoms with Gasteiger partial charge in [0.15, 0.2) is 5.69 Å². The number of amides is 1. The Morgan fingerprint density at radius 2 is 2.16 bits per heavy atom. The Morgan fingerprint density at radius 3 is 2.68 bits per heavy atom. The van der Waals surface area contributed by atoms with E-state index in [2.05, 4.69) is 25.7 Å². The highest BCUT2D eigenvalue weighted by Gasteiger charge is 2.18. The molecule has 2 aromatic heterocycles. The minimum absolute atomic E-state index is 0.121. The Balaban J connectivity index is 2.13. The second kappa shape index (κ2) is 5.60. The molecule has 2 aromatic rings. The number of carbonyl (C=O) groups is 1. The minimum atomic E-state index is -0.236. The number of rotatable bonds is 4. The number of aryl methyl sites for hydroxylation is 2. The Hall–Kier alpha value is -2.24. The van der Waals surface area contributed by atoms with Gasteiger partial charge in [0, 0.05) is 6.20 Å². The Labute approximate surface area is 111 Å². The van der Waals surface area contributed by atoms with Crippen molar-refractivity contribution in [1.29, 1.82) is 0 Å². The summed E-state index contributed by atoms with van der Waals surface area (Å²) in [6.45, 7) is 5.72. The first-order chi connectivity index (χ1) is 9.11. The van der Waals surface area contributed by atoms with Crippen molar-refractivity contribution in [2.75, 3.05) is 0 Å². The molecule has 19 heavy (non-hydrogen) atoms. The van der Waals surface area contributed by atoms with Crippen LogP contribution >= 0.6 is 0 Å². The standard InChI is InChI=1S/C13H17N5O/c1-4-10(11-6-5-8(2)7-14-11)15-13(19)12-9(3)16-18-17-12/h5-7,10H,4H2,1-3H3,(H,15,19)(H,16,17,18)/t10-/m1/s1. The summed E-state index contributed by atoms with van der Waals surface area (Å²) in [5.74, 6) is -0.236. The van der Waals surface area contributed by atoms with E-state index in [9.17, 15) is 4.79 Å². The van der Waals surface area contributed by atoms with Gasteiger partial charge in [0.05, 0.1) is 17.4 Å². The van der Waals surface area contributed by atoms with Crippen molar-refractivity contribution in [3.63, 3.8) is 0 Å². The van der Waals surface area contributed by atoms with Gasteiger partial charge in [-0.2, -0.15) is 15.4 Å². The molecule has 0 saturated carbocycles. The summed E-state index contributed by atoms with van der Waals surface area (Å²) in [6.07, 6.45) is 2.56. The number of hydrogen-bond acceptors (Lipinski definition) is 4. The largest absolute Gasteiger partial charge is 0.342 e. The van der Waals surface area contributed by atoms with Crippen LogP contribution in [-0.4, -0.2) is 26.3 Å². The number of aromatic nitrogens is 4. The van der Waals surface area contributed by atoms with Crippen LogP contribution in [0.2, 0.25) is 0 Å². The van der Waals surface area contributed by atoms with Gasteiger partial charge in [-0.05, 0) is 31.9 Å². The van der Waals surface area contributed by atoms with E-state index in [4.69, 9.17) is 0 Å². The zero-order valence-corrected chi connectivity index (χ0v) is 11.3. The van der Waals surface area contributed by atoms with Crippen LogP contribution in [0, 0.1) is 13.8 Å². The molecule has 0 radical (unpaired) electrons. The molecule has 0 bridgehead atoms. The summed E-state index contributed by atoms with van der Waals surface area (Å²) in [5.41, 5.74) is 2.86. The topological polar surface area (TPSA) is 83.6 Å². The van der Waals surface area contributed by atoms with E-state index in [1.807, 2.05) is 26.0 Å². The average Bonchev–Trinajstić information content (AvgIpc) is 2.83. The first-order valence-corrected chi connectivity index (χ1v) is 6.22. The first kappa shape index (κ1) is 13.2. The lowest BCUT2D eigenvalue weighted by Gasteiger charge is -2.15. The summed E-state index contributed by atoms with van der Waals surface area (Å²) in [6, 6.07) is 3.79. The van der Waals surface area contributed by atoms with E-state index < -0.39 is 0 Å². The highest BCUT2D eigenvalue weighted by molar-refractivity contribution is 5.93. The number of nitrogens with zero attached hydrogens (tertiary/aromatic N) is 3. The Bertz CT molecular complexity index is 561. The number of aromatic amines is 1. The van der Waals surface area contributed by atoms with E-state index in [0.29, 0.717) is 11.4 Å². The predicted molar refractivity (Wildman–Crippen MR) is 70.6 cm³/mol. The Kier molecular flexibility index (Phi) is 3.89. The number of carbonyl (C=O) groups excluding carboxylic acids is 1. The lowest BCUT2D eigenvalue weighted by Crippen LogP contribution is -2.29. The van der Waals surface area contributed by atoms with Crippen molar-refractivity contribution in [3.8, 4) is 0 Å². The summed E-state index contributed by atoms with van der Waals surface area (Å²) < 4.78 is 0. The van der Waals surface area contributed by atoms with Crippen molar-refractivity contribution in [2.24, 2.45) is 0 Å². The number of nitrogens with one attached hydrogen (secondary N) is 2. The molecule has 1 atom stereocenters. The maximum Gasteiger partial charge on any atom is 0.274 e. The van der Waals surface area contributed by atoms with Crippen LogP contribution in [0.5, 0.6) is 0 Å². The van der Waals surface area contributed by atoms with Gasteiger partial charge in [0.25, 0.3) is 5.91 Å². The van der Waals surface area contributed by atoms with Gasteiger partial charge < -0.3 is 5.32 Å². The van der Waals surface area contributed by atoms with Gasteiger partial charge in [0.1, 0.15) is 0 Å². The van der Waals surface area contributed by atoms with Crippen molar-refractivity contribution in [3.05, 3.63) is 41.0 Å². The van der Waals surface area contributed by atoms with Crippen LogP contribution in [0.4, 0.5) is 0 Å². The molecule has 0 aliphatic carbocycles. The molecule has 0 aliphatic rings. The van der Waals surface area contributed by atoms with E-state index in [1.165, 1.54) is 0 Å². The van der Waals surface area contributed by atoms with Gasteiger partial charge in [0.2, 0.25) is 0 Å². The van der Waals surface area contributed by atoms with Crippen molar-refractivity contribution >= 4 is 5.91 Å². The fourth-order valence-corrected chi connectivity index (χ4v) is 1.80. The molecule has 0 aliphatic heterocycles. The molecule has 2 N–H and O–H groups in total. The monoisotopic (exact) mass is 259 g/mol. The van der Waals surface area contributed by atoms with Gasteiger partial charge >= 0.3 is 0 Å². The second-order valence-corrected chi connectivity index (χ2v) is 4.45. The lowest BCUT2D eigenvalue weighted by atomic mass is 10.1. The number of H-pyrrole nitrogens is 1. The summed E-state index contributed by atoms with van der Waals surface area (Å²) in [4.78, 5) is 16.4. The van der Waals surface area contributed by atoms with Gasteiger partial charge in [-0.25, -0.2) is 0 Å². The van der Waals surface area contributed by atoms with Crippen molar-refractivity contribution in [1.82, 2.24) is 25.7 Å². The molecule has 0 unspecified atom stereocenters. The zero-order chi connectivity index (χ0) is 13.8. The molecule has 6 heteroatoms. The quantitative estimate of drug-likeness (QED) is 0.875. The third kappa shape index (κ3) is 2.96. The number of pyridine rings is 1. The summed E-state index contributed by atoms with van der Waals surface area (Å²) in [5, 5.41) is 13.0. The predicted octanol–water partition coefficient (Wildman–Crippen LogP) is 1.70. The average molecular weight is 259 g/mol. The van der Waals surface area contributed by atoms with Gasteiger partial charge in [-0.3, -0.25) is 9.78 Å². The van der Waals surface area contributed by atoms with E-state index in [0.717, 1.165) is 17.7 Å². The third-order valence-corrected chi connectivity index (χ3v) is 2.94. The van der Waals surface area contributed by atoms with E-state index in [1.54, 1.807) is 13.1 Å². The maximum atomic E-state index is 12.1. The fourth-order valence-electron chi connectivity index (χ4n) is 1.80. The van der Waals surface area contributed by atoms with E-state index >= 15 is 0 Å². The molecule has 0 fully saturated rings. The molecule has 0 saturated heterocycles. The molecule has 0 spiro atoms. The molecule has 2 heterocycles. The van der Waals surface area contributed by atoms with Crippen LogP contribution in [0.1, 0.15) is 46.8 Å². The highest BCUT2D eigenvalue weighted by Crippen LogP contribution is 2.15. The van der Waals surface area contributed by atoms with Crippen LogP contribution in [0.3, 0.4) is 0 Å². The van der Waals surface area contributed by atoms with Crippen LogP contribution < -0.4 is 5.32 Å². The fraction of sp³-hybridized carbons (Fsp3) is 0.385. The molecular weight excluding hydrogens is 242 g/mol. The van der Waals surface area contributed by atoms with Crippen LogP contribution in [0.25, 0.3) is 0 Å². The third-order valence-electron chi connectivity index (χ3n) is 2.94. The normalized spacial score (nSPS) is 12.2. The second-order valence-electron chi connectivity index (χ2n) is 4.45. The SMILES string of the molecule is CC[C@@H](NC(=O)c1n[nH]nc1C)c1ccc(C)cn1. The number of hydrogen-bond donors (Lipinski definition) is 2. The van der Waals surface area contributed by atoms with Crippen molar-refractivity contribution in [2.45, 2.75) is 33.2 Å². The van der Waals surface area contributed by atoms with Crippen LogP contribution in [0.15, 0.2) is 18.3 Å². The van der Waals surface area contributed by atoms with E-state index in [-0.39, 0.29) is 11.9 Å².